The normalized spacial score (nSPS) is 11.0. The molecule has 26 heavy (non-hydrogen) atoms. The van der Waals surface area contributed by atoms with Crippen LogP contribution in [0.1, 0.15) is 19.4 Å². The lowest BCUT2D eigenvalue weighted by Gasteiger charge is -2.12. The van der Waals surface area contributed by atoms with Crippen LogP contribution in [0, 0.1) is 17.6 Å². The number of hydrogen-bond donors (Lipinski definition) is 1. The summed E-state index contributed by atoms with van der Waals surface area (Å²) in [7, 11) is 1.54. The molecule has 0 unspecified atom stereocenters. The minimum absolute atomic E-state index is 0.0870. The van der Waals surface area contributed by atoms with Gasteiger partial charge in [-0.3, -0.25) is 4.79 Å². The molecule has 2 rings (SSSR count). The van der Waals surface area contributed by atoms with E-state index in [-0.39, 0.29) is 5.69 Å². The van der Waals surface area contributed by atoms with Crippen LogP contribution < -0.4 is 14.8 Å². The van der Waals surface area contributed by atoms with Crippen LogP contribution in [0.25, 0.3) is 6.08 Å². The van der Waals surface area contributed by atoms with E-state index in [0.29, 0.717) is 35.7 Å². The van der Waals surface area contributed by atoms with Crippen molar-refractivity contribution in [2.45, 2.75) is 13.8 Å². The zero-order valence-electron chi connectivity index (χ0n) is 14.9. The summed E-state index contributed by atoms with van der Waals surface area (Å²) in [5.41, 5.74) is 0.629. The second-order valence-corrected chi connectivity index (χ2v) is 6.06. The van der Waals surface area contributed by atoms with Gasteiger partial charge in [-0.15, -0.1) is 0 Å². The van der Waals surface area contributed by atoms with Gasteiger partial charge in [-0.2, -0.15) is 0 Å². The van der Waals surface area contributed by atoms with Gasteiger partial charge in [-0.25, -0.2) is 8.78 Å². The number of rotatable bonds is 7. The van der Waals surface area contributed by atoms with Gasteiger partial charge in [0, 0.05) is 12.1 Å². The predicted molar refractivity (Wildman–Crippen MR) is 97.3 cm³/mol. The summed E-state index contributed by atoms with van der Waals surface area (Å²) in [6.45, 7) is 4.66. The van der Waals surface area contributed by atoms with Crippen LogP contribution in [-0.2, 0) is 4.79 Å². The van der Waals surface area contributed by atoms with Gasteiger partial charge in [0.05, 0.1) is 19.4 Å². The zero-order valence-corrected chi connectivity index (χ0v) is 14.9. The first-order valence-corrected chi connectivity index (χ1v) is 8.14. The van der Waals surface area contributed by atoms with Gasteiger partial charge < -0.3 is 14.8 Å². The molecule has 0 aromatic heterocycles. The van der Waals surface area contributed by atoms with Crippen LogP contribution in [-0.4, -0.2) is 19.6 Å². The molecule has 0 aliphatic carbocycles. The Morgan fingerprint density at radius 2 is 1.92 bits per heavy atom. The second-order valence-electron chi connectivity index (χ2n) is 6.06. The summed E-state index contributed by atoms with van der Waals surface area (Å²) in [5, 5.41) is 2.36. The van der Waals surface area contributed by atoms with Crippen molar-refractivity contribution in [1.82, 2.24) is 0 Å². The minimum Gasteiger partial charge on any atom is -0.493 e. The number of amides is 1. The quantitative estimate of drug-likeness (QED) is 0.730. The lowest BCUT2D eigenvalue weighted by atomic mass is 10.2. The third-order valence-electron chi connectivity index (χ3n) is 3.38. The van der Waals surface area contributed by atoms with Crippen LogP contribution >= 0.6 is 0 Å². The number of ether oxygens (including phenoxy) is 2. The fourth-order valence-electron chi connectivity index (χ4n) is 2.10. The Morgan fingerprint density at radius 1 is 1.15 bits per heavy atom. The summed E-state index contributed by atoms with van der Waals surface area (Å²) >= 11 is 0. The molecule has 0 atom stereocenters. The number of methoxy groups -OCH3 is 1. The maximum Gasteiger partial charge on any atom is 0.248 e. The number of anilines is 1. The van der Waals surface area contributed by atoms with E-state index in [1.807, 2.05) is 13.8 Å². The van der Waals surface area contributed by atoms with Gasteiger partial charge in [0.25, 0.3) is 0 Å². The molecule has 0 fully saturated rings. The lowest BCUT2D eigenvalue weighted by molar-refractivity contribution is -0.111. The molecule has 0 heterocycles. The highest BCUT2D eigenvalue weighted by Gasteiger charge is 2.08. The number of hydrogen-bond acceptors (Lipinski definition) is 3. The van der Waals surface area contributed by atoms with Crippen molar-refractivity contribution >= 4 is 17.7 Å². The second kappa shape index (κ2) is 8.99. The van der Waals surface area contributed by atoms with Crippen LogP contribution in [0.2, 0.25) is 0 Å². The first-order valence-electron chi connectivity index (χ1n) is 8.14. The number of carbonyl (C=O) groups excluding carboxylic acids is 1. The van der Waals surface area contributed by atoms with Crippen molar-refractivity contribution < 1.29 is 23.0 Å². The Hall–Kier alpha value is -2.89. The Morgan fingerprint density at radius 3 is 2.58 bits per heavy atom. The van der Waals surface area contributed by atoms with Gasteiger partial charge in [-0.05, 0) is 41.8 Å². The maximum absolute atomic E-state index is 13.5. The third-order valence-corrected chi connectivity index (χ3v) is 3.38. The van der Waals surface area contributed by atoms with E-state index in [4.69, 9.17) is 9.47 Å². The number of carbonyl (C=O) groups is 1. The van der Waals surface area contributed by atoms with Gasteiger partial charge in [-0.1, -0.05) is 19.9 Å². The van der Waals surface area contributed by atoms with E-state index in [1.54, 1.807) is 24.3 Å². The summed E-state index contributed by atoms with van der Waals surface area (Å²) in [6, 6.07) is 8.22. The topological polar surface area (TPSA) is 47.6 Å². The summed E-state index contributed by atoms with van der Waals surface area (Å²) in [4.78, 5) is 11.9. The molecule has 1 amide bonds. The van der Waals surface area contributed by atoms with Gasteiger partial charge in [0.15, 0.2) is 11.5 Å². The van der Waals surface area contributed by atoms with E-state index in [0.717, 1.165) is 6.07 Å². The molecular formula is C20H21F2NO3. The average molecular weight is 361 g/mol. The standard InChI is InChI=1S/C20H21F2NO3/c1-13(2)12-26-18-8-4-14(10-19(18)25-3)5-9-20(24)23-17-7-6-15(21)11-16(17)22/h4-11,13H,12H2,1-3H3,(H,23,24)/b9-5+. The molecule has 0 bridgehead atoms. The SMILES string of the molecule is COc1cc(/C=C/C(=O)Nc2ccc(F)cc2F)ccc1OCC(C)C. The van der Waals surface area contributed by atoms with Crippen LogP contribution in [0.3, 0.4) is 0 Å². The van der Waals surface area contributed by atoms with Crippen molar-refractivity contribution in [2.75, 3.05) is 19.0 Å². The van der Waals surface area contributed by atoms with Crippen LogP contribution in [0.5, 0.6) is 11.5 Å². The Bertz CT molecular complexity index is 804. The summed E-state index contributed by atoms with van der Waals surface area (Å²) in [6.07, 6.45) is 2.82. The average Bonchev–Trinajstić information content (AvgIpc) is 2.60. The first-order chi connectivity index (χ1) is 12.4. The summed E-state index contributed by atoms with van der Waals surface area (Å²) in [5.74, 6) is -0.513. The molecule has 0 aliphatic heterocycles. The van der Waals surface area contributed by atoms with Gasteiger partial charge in [0.1, 0.15) is 11.6 Å². The molecule has 0 saturated heterocycles. The molecule has 0 spiro atoms. The van der Waals surface area contributed by atoms with E-state index in [1.165, 1.54) is 19.3 Å². The molecule has 4 nitrogen and oxygen atoms in total. The number of benzene rings is 2. The largest absolute Gasteiger partial charge is 0.493 e. The molecule has 0 saturated carbocycles. The monoisotopic (exact) mass is 361 g/mol. The molecular weight excluding hydrogens is 340 g/mol. The zero-order chi connectivity index (χ0) is 19.1. The predicted octanol–water partition coefficient (Wildman–Crippen LogP) is 4.66. The third kappa shape index (κ3) is 5.58. The minimum atomic E-state index is -0.833. The highest BCUT2D eigenvalue weighted by Crippen LogP contribution is 2.29. The molecule has 0 aliphatic rings. The van der Waals surface area contributed by atoms with E-state index in [9.17, 15) is 13.6 Å². The fourth-order valence-corrected chi connectivity index (χ4v) is 2.10. The molecule has 138 valence electrons. The van der Waals surface area contributed by atoms with E-state index in [2.05, 4.69) is 5.32 Å². The molecule has 0 radical (unpaired) electrons. The van der Waals surface area contributed by atoms with Crippen LogP contribution in [0.15, 0.2) is 42.5 Å². The molecule has 2 aromatic rings. The highest BCUT2D eigenvalue weighted by atomic mass is 19.1. The van der Waals surface area contributed by atoms with Crippen LogP contribution in [0.4, 0.5) is 14.5 Å². The fraction of sp³-hybridized carbons (Fsp3) is 0.250. The smallest absolute Gasteiger partial charge is 0.248 e. The molecule has 6 heteroatoms. The maximum atomic E-state index is 13.5. The molecule has 1 N–H and O–H groups in total. The van der Waals surface area contributed by atoms with E-state index < -0.39 is 17.5 Å². The van der Waals surface area contributed by atoms with Crippen molar-refractivity contribution in [3.8, 4) is 11.5 Å². The summed E-state index contributed by atoms with van der Waals surface area (Å²) < 4.78 is 37.4. The Kier molecular flexibility index (Phi) is 6.72. The lowest BCUT2D eigenvalue weighted by Crippen LogP contribution is -2.09. The number of halogens is 2. The van der Waals surface area contributed by atoms with E-state index >= 15 is 0 Å². The molecule has 2 aromatic carbocycles. The van der Waals surface area contributed by atoms with Crippen molar-refractivity contribution in [3.63, 3.8) is 0 Å². The van der Waals surface area contributed by atoms with Crippen molar-refractivity contribution in [3.05, 3.63) is 59.7 Å². The Labute approximate surface area is 151 Å². The van der Waals surface area contributed by atoms with Crippen molar-refractivity contribution in [2.24, 2.45) is 5.92 Å². The number of nitrogens with one attached hydrogen (secondary N) is 1. The van der Waals surface area contributed by atoms with Crippen molar-refractivity contribution in [1.29, 1.82) is 0 Å². The highest BCUT2D eigenvalue weighted by molar-refractivity contribution is 6.02. The van der Waals surface area contributed by atoms with Gasteiger partial charge >= 0.3 is 0 Å². The first kappa shape index (κ1) is 19.4. The Balaban J connectivity index is 2.05. The van der Waals surface area contributed by atoms with Gasteiger partial charge in [0.2, 0.25) is 5.91 Å².